The lowest BCUT2D eigenvalue weighted by atomic mass is 10.2. The third-order valence-corrected chi connectivity index (χ3v) is 2.68. The van der Waals surface area contributed by atoms with Crippen LogP contribution in [-0.2, 0) is 9.09 Å². The molecule has 0 aromatic carbocycles. The van der Waals surface area contributed by atoms with Gasteiger partial charge < -0.3 is 4.52 Å². The van der Waals surface area contributed by atoms with Crippen LogP contribution in [0.15, 0.2) is 0 Å². The molecule has 0 aliphatic heterocycles. The SMILES string of the molecule is CC1(COP(=O)(Cl)Cl)CC1. The number of rotatable bonds is 3. The Morgan fingerprint density at radius 3 is 2.40 bits per heavy atom. The second-order valence-corrected chi connectivity index (χ2v) is 7.28. The monoisotopic (exact) mass is 202 g/mol. The molecule has 0 spiro atoms. The Morgan fingerprint density at radius 1 is 1.60 bits per heavy atom. The smallest absolute Gasteiger partial charge is 0.306 e. The van der Waals surface area contributed by atoms with Crippen molar-refractivity contribution in [2.75, 3.05) is 6.61 Å². The second-order valence-electron chi connectivity index (χ2n) is 3.00. The third-order valence-electron chi connectivity index (χ3n) is 1.67. The van der Waals surface area contributed by atoms with Crippen LogP contribution in [0.25, 0.3) is 0 Å². The van der Waals surface area contributed by atoms with Gasteiger partial charge in [-0.05, 0) is 40.7 Å². The molecule has 2 nitrogen and oxygen atoms in total. The van der Waals surface area contributed by atoms with Gasteiger partial charge in [-0.25, -0.2) is 0 Å². The molecule has 0 unspecified atom stereocenters. The summed E-state index contributed by atoms with van der Waals surface area (Å²) in [7, 11) is 0. The molecule has 1 aliphatic carbocycles. The highest BCUT2D eigenvalue weighted by Crippen LogP contribution is 2.60. The van der Waals surface area contributed by atoms with Gasteiger partial charge in [0.15, 0.2) is 0 Å². The minimum Gasteiger partial charge on any atom is -0.306 e. The molecule has 1 saturated carbocycles. The zero-order valence-corrected chi connectivity index (χ0v) is 8.05. The van der Waals surface area contributed by atoms with E-state index in [2.05, 4.69) is 6.92 Å². The van der Waals surface area contributed by atoms with Crippen molar-refractivity contribution in [3.05, 3.63) is 0 Å². The minimum atomic E-state index is -3.28. The lowest BCUT2D eigenvalue weighted by Gasteiger charge is -2.08. The van der Waals surface area contributed by atoms with Crippen LogP contribution in [0.1, 0.15) is 19.8 Å². The zero-order valence-electron chi connectivity index (χ0n) is 5.64. The molecule has 0 heterocycles. The maximum atomic E-state index is 10.6. The first kappa shape index (κ1) is 8.86. The largest absolute Gasteiger partial charge is 0.380 e. The normalized spacial score (nSPS) is 22.7. The van der Waals surface area contributed by atoms with Gasteiger partial charge in [-0.15, -0.1) is 0 Å². The lowest BCUT2D eigenvalue weighted by molar-refractivity contribution is 0.262. The topological polar surface area (TPSA) is 26.3 Å². The molecule has 0 amide bonds. The maximum Gasteiger partial charge on any atom is 0.380 e. The molecular weight excluding hydrogens is 194 g/mol. The van der Waals surface area contributed by atoms with E-state index in [0.717, 1.165) is 12.8 Å². The van der Waals surface area contributed by atoms with Crippen molar-refractivity contribution in [2.24, 2.45) is 5.41 Å². The van der Waals surface area contributed by atoms with Gasteiger partial charge in [-0.1, -0.05) is 6.92 Å². The number of hydrogen-bond acceptors (Lipinski definition) is 2. The molecule has 0 atom stereocenters. The molecule has 0 N–H and O–H groups in total. The van der Waals surface area contributed by atoms with Gasteiger partial charge in [0.05, 0.1) is 6.61 Å². The van der Waals surface area contributed by atoms with Crippen molar-refractivity contribution in [1.29, 1.82) is 0 Å². The molecule has 1 aliphatic rings. The van der Waals surface area contributed by atoms with Gasteiger partial charge in [-0.2, -0.15) is 0 Å². The Labute approximate surface area is 69.9 Å². The predicted molar refractivity (Wildman–Crippen MR) is 42.6 cm³/mol. The fourth-order valence-electron chi connectivity index (χ4n) is 0.589. The summed E-state index contributed by atoms with van der Waals surface area (Å²) in [5.74, 6) is 0. The maximum absolute atomic E-state index is 10.6. The van der Waals surface area contributed by atoms with Gasteiger partial charge in [0.25, 0.3) is 0 Å². The molecular formula is C5H9Cl2O2P. The van der Waals surface area contributed by atoms with E-state index >= 15 is 0 Å². The van der Waals surface area contributed by atoms with E-state index in [1.54, 1.807) is 0 Å². The molecule has 0 saturated heterocycles. The summed E-state index contributed by atoms with van der Waals surface area (Å²) in [6.45, 7) is 2.47. The summed E-state index contributed by atoms with van der Waals surface area (Å²) < 4.78 is 15.3. The third kappa shape index (κ3) is 3.25. The minimum absolute atomic E-state index is 0.194. The number of halogens is 2. The molecule has 1 fully saturated rings. The Balaban J connectivity index is 2.23. The second kappa shape index (κ2) is 2.67. The van der Waals surface area contributed by atoms with E-state index in [1.807, 2.05) is 0 Å². The average Bonchev–Trinajstić information content (AvgIpc) is 2.43. The van der Waals surface area contributed by atoms with Gasteiger partial charge in [-0.3, -0.25) is 4.57 Å². The molecule has 60 valence electrons. The van der Waals surface area contributed by atoms with Gasteiger partial charge in [0, 0.05) is 0 Å². The first-order valence-corrected chi connectivity index (χ1v) is 6.49. The molecule has 1 rings (SSSR count). The van der Waals surface area contributed by atoms with Crippen LogP contribution in [0.2, 0.25) is 0 Å². The van der Waals surface area contributed by atoms with E-state index in [9.17, 15) is 4.57 Å². The highest BCUT2D eigenvalue weighted by molar-refractivity contribution is 8.05. The Morgan fingerprint density at radius 2 is 2.10 bits per heavy atom. The van der Waals surface area contributed by atoms with Crippen LogP contribution >= 0.6 is 28.6 Å². The fraction of sp³-hybridized carbons (Fsp3) is 1.00. The molecule has 0 radical (unpaired) electrons. The summed E-state index contributed by atoms with van der Waals surface area (Å²) >= 11 is 10.3. The Kier molecular flexibility index (Phi) is 2.37. The summed E-state index contributed by atoms with van der Waals surface area (Å²) in [5.41, 5.74) is 0.194. The summed E-state index contributed by atoms with van der Waals surface area (Å²) in [6, 6.07) is 0. The van der Waals surface area contributed by atoms with Crippen LogP contribution in [-0.4, -0.2) is 6.61 Å². The van der Waals surface area contributed by atoms with E-state index in [1.165, 1.54) is 0 Å². The highest BCUT2D eigenvalue weighted by atomic mass is 35.9. The molecule has 0 bridgehead atoms. The molecule has 0 aromatic heterocycles. The van der Waals surface area contributed by atoms with Crippen LogP contribution in [0.5, 0.6) is 0 Å². The molecule has 5 heteroatoms. The quantitative estimate of drug-likeness (QED) is 0.657. The fourth-order valence-corrected chi connectivity index (χ4v) is 1.34. The van der Waals surface area contributed by atoms with Crippen molar-refractivity contribution in [3.63, 3.8) is 0 Å². The highest BCUT2D eigenvalue weighted by Gasteiger charge is 2.39. The summed E-state index contributed by atoms with van der Waals surface area (Å²) in [5, 5.41) is 0. The van der Waals surface area contributed by atoms with Crippen LogP contribution in [0.4, 0.5) is 0 Å². The number of hydrogen-bond donors (Lipinski definition) is 0. The summed E-state index contributed by atoms with van der Waals surface area (Å²) in [6.07, 6.45) is -1.05. The van der Waals surface area contributed by atoms with Gasteiger partial charge >= 0.3 is 6.07 Å². The van der Waals surface area contributed by atoms with Crippen molar-refractivity contribution >= 4 is 28.6 Å². The van der Waals surface area contributed by atoms with Gasteiger partial charge in [0.1, 0.15) is 0 Å². The van der Waals surface area contributed by atoms with Crippen LogP contribution in [0.3, 0.4) is 0 Å². The lowest BCUT2D eigenvalue weighted by Crippen LogP contribution is -2.01. The zero-order chi connectivity index (χ0) is 7.83. The molecule has 10 heavy (non-hydrogen) atoms. The van der Waals surface area contributed by atoms with Crippen molar-refractivity contribution in [3.8, 4) is 0 Å². The van der Waals surface area contributed by atoms with Crippen LogP contribution < -0.4 is 0 Å². The Bertz CT molecular complexity index is 172. The first-order valence-electron chi connectivity index (χ1n) is 3.05. The van der Waals surface area contributed by atoms with E-state index in [4.69, 9.17) is 27.0 Å². The van der Waals surface area contributed by atoms with Crippen molar-refractivity contribution in [1.82, 2.24) is 0 Å². The molecule has 0 aromatic rings. The summed E-state index contributed by atoms with van der Waals surface area (Å²) in [4.78, 5) is 0. The average molecular weight is 203 g/mol. The first-order chi connectivity index (χ1) is 4.41. The van der Waals surface area contributed by atoms with Crippen LogP contribution in [0, 0.1) is 5.41 Å². The predicted octanol–water partition coefficient (Wildman–Crippen LogP) is 3.39. The standard InChI is InChI=1S/C5H9Cl2O2P/c1-5(2-3-5)4-9-10(6,7)8/h2-4H2,1H3. The van der Waals surface area contributed by atoms with Crippen molar-refractivity contribution in [2.45, 2.75) is 19.8 Å². The Hall–Kier alpha value is 0.770. The van der Waals surface area contributed by atoms with E-state index in [0.29, 0.717) is 6.61 Å². The van der Waals surface area contributed by atoms with E-state index < -0.39 is 6.07 Å². The van der Waals surface area contributed by atoms with Crippen molar-refractivity contribution < 1.29 is 9.09 Å². The van der Waals surface area contributed by atoms with Gasteiger partial charge in [0.2, 0.25) is 0 Å². The van der Waals surface area contributed by atoms with E-state index in [-0.39, 0.29) is 5.41 Å².